The average molecular weight is 298 g/mol. The van der Waals surface area contributed by atoms with Crippen molar-refractivity contribution in [2.24, 2.45) is 5.10 Å². The van der Waals surface area contributed by atoms with E-state index in [9.17, 15) is 9.18 Å². The summed E-state index contributed by atoms with van der Waals surface area (Å²) in [6, 6.07) is 13.7. The molecule has 0 heterocycles. The Hall–Kier alpha value is -2.49. The molecule has 0 bridgehead atoms. The second kappa shape index (κ2) is 6.52. The van der Waals surface area contributed by atoms with E-state index in [2.05, 4.69) is 31.3 Å². The van der Waals surface area contributed by atoms with Gasteiger partial charge in [-0.05, 0) is 28.7 Å². The van der Waals surface area contributed by atoms with E-state index in [1.807, 2.05) is 24.3 Å². The minimum Gasteiger partial charge on any atom is -0.267 e. The van der Waals surface area contributed by atoms with Gasteiger partial charge in [-0.3, -0.25) is 4.79 Å². The molecular weight excluding hydrogens is 279 g/mol. The first-order chi connectivity index (χ1) is 10.4. The van der Waals surface area contributed by atoms with E-state index in [4.69, 9.17) is 0 Å². The molecule has 0 aliphatic heterocycles. The standard InChI is InChI=1S/C18H19FN2O/c1-18(2,3)14-10-8-13(9-11-14)12-20-21-17(22)15-6-4-5-7-16(15)19/h4-12H,1-3H3,(H,21,22)/b20-12-. The van der Waals surface area contributed by atoms with E-state index < -0.39 is 11.7 Å². The van der Waals surface area contributed by atoms with Crippen molar-refractivity contribution in [1.82, 2.24) is 5.43 Å². The average Bonchev–Trinajstić information content (AvgIpc) is 2.47. The molecule has 0 aromatic heterocycles. The van der Waals surface area contributed by atoms with Gasteiger partial charge in [-0.15, -0.1) is 0 Å². The zero-order valence-corrected chi connectivity index (χ0v) is 12.9. The molecule has 0 radical (unpaired) electrons. The summed E-state index contributed by atoms with van der Waals surface area (Å²) in [7, 11) is 0. The highest BCUT2D eigenvalue weighted by Crippen LogP contribution is 2.21. The van der Waals surface area contributed by atoms with Gasteiger partial charge in [0.25, 0.3) is 5.91 Å². The van der Waals surface area contributed by atoms with E-state index >= 15 is 0 Å². The lowest BCUT2D eigenvalue weighted by atomic mass is 9.87. The van der Waals surface area contributed by atoms with Crippen molar-refractivity contribution in [2.75, 3.05) is 0 Å². The molecule has 0 aliphatic carbocycles. The Morgan fingerprint density at radius 3 is 2.32 bits per heavy atom. The molecule has 0 spiro atoms. The molecule has 3 nitrogen and oxygen atoms in total. The third-order valence-electron chi connectivity index (χ3n) is 3.27. The molecule has 114 valence electrons. The first-order valence-corrected chi connectivity index (χ1v) is 7.06. The highest BCUT2D eigenvalue weighted by atomic mass is 19.1. The van der Waals surface area contributed by atoms with Crippen LogP contribution in [0.5, 0.6) is 0 Å². The molecule has 22 heavy (non-hydrogen) atoms. The van der Waals surface area contributed by atoms with Crippen LogP contribution in [0.1, 0.15) is 42.3 Å². The van der Waals surface area contributed by atoms with Gasteiger partial charge >= 0.3 is 0 Å². The summed E-state index contributed by atoms with van der Waals surface area (Å²) in [4.78, 5) is 11.8. The predicted octanol–water partition coefficient (Wildman–Crippen LogP) is 3.89. The smallest absolute Gasteiger partial charge is 0.267 e. The molecule has 4 heteroatoms. The van der Waals surface area contributed by atoms with E-state index in [1.54, 1.807) is 6.07 Å². The van der Waals surface area contributed by atoms with E-state index in [-0.39, 0.29) is 11.0 Å². The fraction of sp³-hybridized carbons (Fsp3) is 0.222. The number of hydrogen-bond donors (Lipinski definition) is 1. The number of carbonyl (C=O) groups excluding carboxylic acids is 1. The van der Waals surface area contributed by atoms with Gasteiger partial charge in [-0.2, -0.15) is 5.10 Å². The first-order valence-electron chi connectivity index (χ1n) is 7.06. The molecular formula is C18H19FN2O. The van der Waals surface area contributed by atoms with Crippen LogP contribution in [0, 0.1) is 5.82 Å². The topological polar surface area (TPSA) is 41.5 Å². The number of amides is 1. The highest BCUT2D eigenvalue weighted by Gasteiger charge is 2.12. The lowest BCUT2D eigenvalue weighted by Crippen LogP contribution is -2.18. The number of nitrogens with one attached hydrogen (secondary N) is 1. The maximum atomic E-state index is 13.4. The molecule has 1 N–H and O–H groups in total. The Balaban J connectivity index is 2.01. The van der Waals surface area contributed by atoms with Crippen LogP contribution in [0.3, 0.4) is 0 Å². The van der Waals surface area contributed by atoms with Gasteiger partial charge in [0.15, 0.2) is 0 Å². The Kier molecular flexibility index (Phi) is 4.71. The quantitative estimate of drug-likeness (QED) is 0.678. The normalized spacial score (nSPS) is 11.6. The molecule has 1 amide bonds. The third kappa shape index (κ3) is 4.01. The van der Waals surface area contributed by atoms with Crippen LogP contribution in [0.4, 0.5) is 4.39 Å². The van der Waals surface area contributed by atoms with E-state index in [1.165, 1.54) is 30.0 Å². The van der Waals surface area contributed by atoms with Crippen LogP contribution in [-0.4, -0.2) is 12.1 Å². The minimum atomic E-state index is -0.569. The van der Waals surface area contributed by atoms with Crippen LogP contribution >= 0.6 is 0 Å². The van der Waals surface area contributed by atoms with Gasteiger partial charge in [-0.1, -0.05) is 57.2 Å². The summed E-state index contributed by atoms with van der Waals surface area (Å²) in [6.07, 6.45) is 1.53. The number of hydrogen-bond acceptors (Lipinski definition) is 2. The zero-order valence-electron chi connectivity index (χ0n) is 12.9. The van der Waals surface area contributed by atoms with Crippen LogP contribution < -0.4 is 5.43 Å². The summed E-state index contributed by atoms with van der Waals surface area (Å²) in [5, 5.41) is 3.86. The van der Waals surface area contributed by atoms with Crippen molar-refractivity contribution in [2.45, 2.75) is 26.2 Å². The van der Waals surface area contributed by atoms with Crippen LogP contribution in [0.15, 0.2) is 53.6 Å². The van der Waals surface area contributed by atoms with Crippen LogP contribution in [0.25, 0.3) is 0 Å². The number of hydrazone groups is 1. The summed E-state index contributed by atoms with van der Waals surface area (Å²) in [5.41, 5.74) is 4.48. The Bertz CT molecular complexity index is 685. The van der Waals surface area contributed by atoms with Crippen LogP contribution in [-0.2, 0) is 5.41 Å². The monoisotopic (exact) mass is 298 g/mol. The summed E-state index contributed by atoms with van der Waals surface area (Å²) >= 11 is 0. The van der Waals surface area contributed by atoms with Gasteiger partial charge in [0.2, 0.25) is 0 Å². The summed E-state index contributed by atoms with van der Waals surface area (Å²) in [5.74, 6) is -1.13. The Morgan fingerprint density at radius 1 is 1.09 bits per heavy atom. The second-order valence-corrected chi connectivity index (χ2v) is 6.05. The van der Waals surface area contributed by atoms with Gasteiger partial charge in [0, 0.05) is 0 Å². The lowest BCUT2D eigenvalue weighted by Gasteiger charge is -2.18. The van der Waals surface area contributed by atoms with E-state index in [0.717, 1.165) is 5.56 Å². The van der Waals surface area contributed by atoms with Gasteiger partial charge in [-0.25, -0.2) is 9.82 Å². The number of carbonyl (C=O) groups is 1. The molecule has 2 rings (SSSR count). The SMILES string of the molecule is CC(C)(C)c1ccc(/C=N\NC(=O)c2ccccc2F)cc1. The van der Waals surface area contributed by atoms with Gasteiger partial charge in [0.05, 0.1) is 11.8 Å². The minimum absolute atomic E-state index is 0.0252. The van der Waals surface area contributed by atoms with E-state index in [0.29, 0.717) is 0 Å². The molecule has 2 aromatic carbocycles. The van der Waals surface area contributed by atoms with Gasteiger partial charge < -0.3 is 0 Å². The summed E-state index contributed by atoms with van der Waals surface area (Å²) in [6.45, 7) is 6.43. The summed E-state index contributed by atoms with van der Waals surface area (Å²) < 4.78 is 13.4. The number of benzene rings is 2. The van der Waals surface area contributed by atoms with Gasteiger partial charge in [0.1, 0.15) is 5.82 Å². The molecule has 0 saturated heterocycles. The maximum absolute atomic E-state index is 13.4. The molecule has 0 aliphatic rings. The Labute approximate surface area is 129 Å². The number of halogens is 1. The van der Waals surface area contributed by atoms with Crippen molar-refractivity contribution in [3.63, 3.8) is 0 Å². The van der Waals surface area contributed by atoms with Crippen molar-refractivity contribution < 1.29 is 9.18 Å². The van der Waals surface area contributed by atoms with Crippen LogP contribution in [0.2, 0.25) is 0 Å². The fourth-order valence-electron chi connectivity index (χ4n) is 1.94. The largest absolute Gasteiger partial charge is 0.274 e. The number of nitrogens with zero attached hydrogens (tertiary/aromatic N) is 1. The molecule has 0 unspecified atom stereocenters. The number of rotatable bonds is 3. The highest BCUT2D eigenvalue weighted by molar-refractivity contribution is 5.95. The predicted molar refractivity (Wildman–Crippen MR) is 86.6 cm³/mol. The second-order valence-electron chi connectivity index (χ2n) is 6.05. The van der Waals surface area contributed by atoms with Crippen molar-refractivity contribution in [1.29, 1.82) is 0 Å². The Morgan fingerprint density at radius 2 is 1.73 bits per heavy atom. The zero-order chi connectivity index (χ0) is 16.2. The molecule has 0 atom stereocenters. The molecule has 0 fully saturated rings. The first kappa shape index (κ1) is 15.9. The van der Waals surface area contributed by atoms with Crippen molar-refractivity contribution >= 4 is 12.1 Å². The molecule has 2 aromatic rings. The fourth-order valence-corrected chi connectivity index (χ4v) is 1.94. The molecule has 0 saturated carbocycles. The maximum Gasteiger partial charge on any atom is 0.274 e. The third-order valence-corrected chi connectivity index (χ3v) is 3.27. The lowest BCUT2D eigenvalue weighted by molar-refractivity contribution is 0.0951. The van der Waals surface area contributed by atoms with Crippen molar-refractivity contribution in [3.05, 3.63) is 71.0 Å². The van der Waals surface area contributed by atoms with Crippen molar-refractivity contribution in [3.8, 4) is 0 Å².